The summed E-state index contributed by atoms with van der Waals surface area (Å²) in [4.78, 5) is 16.6. The lowest BCUT2D eigenvalue weighted by atomic mass is 10.2. The molecule has 1 N–H and O–H groups in total. The van der Waals surface area contributed by atoms with Crippen molar-refractivity contribution in [3.05, 3.63) is 34.9 Å². The monoisotopic (exact) mass is 248 g/mol. The van der Waals surface area contributed by atoms with Gasteiger partial charge < -0.3 is 9.84 Å². The summed E-state index contributed by atoms with van der Waals surface area (Å²) < 4.78 is 6.72. The number of ether oxygens (including phenoxy) is 1. The zero-order valence-electron chi connectivity index (χ0n) is 10.5. The Kier molecular flexibility index (Phi) is 3.62. The highest BCUT2D eigenvalue weighted by Gasteiger charge is 2.11. The fraction of sp³-hybridized carbons (Fsp3) is 0.385. The van der Waals surface area contributed by atoms with Gasteiger partial charge in [-0.05, 0) is 25.5 Å². The average molecular weight is 248 g/mol. The number of para-hydroxylation sites is 1. The second-order valence-electron chi connectivity index (χ2n) is 4.17. The highest BCUT2D eigenvalue weighted by molar-refractivity contribution is 5.83. The fourth-order valence-electron chi connectivity index (χ4n) is 1.94. The first-order valence-corrected chi connectivity index (χ1v) is 5.83. The van der Waals surface area contributed by atoms with Crippen LogP contribution in [0, 0.1) is 0 Å². The molecule has 5 nitrogen and oxygen atoms in total. The van der Waals surface area contributed by atoms with Gasteiger partial charge in [-0.3, -0.25) is 9.36 Å². The van der Waals surface area contributed by atoms with Crippen molar-refractivity contribution < 1.29 is 9.84 Å². The Balaban J connectivity index is 2.62. The number of aliphatic hydroxyl groups excluding tert-OH is 1. The Bertz CT molecular complexity index is 607. The number of hydrogen-bond donors (Lipinski definition) is 1. The summed E-state index contributed by atoms with van der Waals surface area (Å²) in [6.07, 6.45) is 2.03. The summed E-state index contributed by atoms with van der Waals surface area (Å²) in [5, 5.41) is 9.46. The third kappa shape index (κ3) is 2.09. The van der Waals surface area contributed by atoms with Crippen molar-refractivity contribution >= 4 is 10.9 Å². The molecule has 0 saturated heterocycles. The number of benzene rings is 1. The molecule has 2 rings (SSSR count). The Hall–Kier alpha value is -1.88. The number of hydrogen-bond acceptors (Lipinski definition) is 4. The zero-order chi connectivity index (χ0) is 13.1. The molecule has 0 spiro atoms. The molecule has 0 aliphatic heterocycles. The van der Waals surface area contributed by atoms with E-state index < -0.39 is 0 Å². The number of rotatable bonds is 4. The predicted molar refractivity (Wildman–Crippen MR) is 69.0 cm³/mol. The van der Waals surface area contributed by atoms with Crippen LogP contribution in [0.25, 0.3) is 10.9 Å². The zero-order valence-corrected chi connectivity index (χ0v) is 10.5. The molecular formula is C13H16N2O3. The number of aliphatic hydroxyl groups is 1. The van der Waals surface area contributed by atoms with Crippen LogP contribution in [0.5, 0.6) is 5.75 Å². The van der Waals surface area contributed by atoms with Crippen LogP contribution in [0.1, 0.15) is 19.4 Å². The van der Waals surface area contributed by atoms with Crippen molar-refractivity contribution in [3.63, 3.8) is 0 Å². The van der Waals surface area contributed by atoms with Crippen LogP contribution in [-0.2, 0) is 0 Å². The van der Waals surface area contributed by atoms with Gasteiger partial charge in [0.25, 0.3) is 5.56 Å². The van der Waals surface area contributed by atoms with Gasteiger partial charge in [-0.25, -0.2) is 4.98 Å². The number of aromatic nitrogens is 2. The highest BCUT2D eigenvalue weighted by Crippen LogP contribution is 2.20. The van der Waals surface area contributed by atoms with Gasteiger partial charge >= 0.3 is 0 Å². The van der Waals surface area contributed by atoms with Gasteiger partial charge in [0.1, 0.15) is 11.3 Å². The van der Waals surface area contributed by atoms with Gasteiger partial charge in [0.15, 0.2) is 0 Å². The first-order chi connectivity index (χ1) is 8.69. The van der Waals surface area contributed by atoms with Crippen LogP contribution in [-0.4, -0.2) is 28.4 Å². The van der Waals surface area contributed by atoms with Crippen molar-refractivity contribution in [3.8, 4) is 5.75 Å². The lowest BCUT2D eigenvalue weighted by molar-refractivity contribution is 0.261. The SMILES string of the molecule is COc1cccc2c(=O)n(C(C)CCO)cnc12. The molecule has 1 aromatic heterocycles. The second-order valence-corrected chi connectivity index (χ2v) is 4.17. The summed E-state index contributed by atoms with van der Waals surface area (Å²) >= 11 is 0. The normalized spacial score (nSPS) is 12.6. The molecule has 0 saturated carbocycles. The Morgan fingerprint density at radius 1 is 1.50 bits per heavy atom. The van der Waals surface area contributed by atoms with E-state index in [1.807, 2.05) is 6.92 Å². The van der Waals surface area contributed by atoms with Crippen LogP contribution < -0.4 is 10.3 Å². The van der Waals surface area contributed by atoms with Crippen molar-refractivity contribution in [1.82, 2.24) is 9.55 Å². The molecule has 0 radical (unpaired) electrons. The summed E-state index contributed by atoms with van der Waals surface area (Å²) in [6, 6.07) is 5.20. The molecule has 5 heteroatoms. The quantitative estimate of drug-likeness (QED) is 0.887. The van der Waals surface area contributed by atoms with Gasteiger partial charge in [0.05, 0.1) is 18.8 Å². The minimum atomic E-state index is -0.111. The van der Waals surface area contributed by atoms with Crippen LogP contribution >= 0.6 is 0 Å². The van der Waals surface area contributed by atoms with Crippen LogP contribution in [0.3, 0.4) is 0 Å². The summed E-state index contributed by atoms with van der Waals surface area (Å²) in [6.45, 7) is 1.93. The largest absolute Gasteiger partial charge is 0.494 e. The molecule has 0 fully saturated rings. The van der Waals surface area contributed by atoms with Gasteiger partial charge in [-0.2, -0.15) is 0 Å². The molecular weight excluding hydrogens is 232 g/mol. The van der Waals surface area contributed by atoms with E-state index in [9.17, 15) is 4.79 Å². The van der Waals surface area contributed by atoms with E-state index in [4.69, 9.17) is 9.84 Å². The first kappa shape index (κ1) is 12.6. The summed E-state index contributed by atoms with van der Waals surface area (Å²) in [5.41, 5.74) is 0.456. The second kappa shape index (κ2) is 5.18. The summed E-state index contributed by atoms with van der Waals surface area (Å²) in [5.74, 6) is 0.589. The molecule has 18 heavy (non-hydrogen) atoms. The van der Waals surface area contributed by atoms with E-state index in [-0.39, 0.29) is 18.2 Å². The molecule has 2 aromatic rings. The van der Waals surface area contributed by atoms with E-state index in [1.54, 1.807) is 25.3 Å². The predicted octanol–water partition coefficient (Wildman–Crippen LogP) is 1.35. The topological polar surface area (TPSA) is 64.3 Å². The molecule has 1 heterocycles. The molecule has 0 amide bonds. The third-order valence-corrected chi connectivity index (χ3v) is 3.02. The molecule has 0 aliphatic carbocycles. The number of fused-ring (bicyclic) bond motifs is 1. The van der Waals surface area contributed by atoms with Crippen molar-refractivity contribution in [2.75, 3.05) is 13.7 Å². The Morgan fingerprint density at radius 2 is 2.28 bits per heavy atom. The Morgan fingerprint density at radius 3 is 2.94 bits per heavy atom. The van der Waals surface area contributed by atoms with Gasteiger partial charge in [0, 0.05) is 12.6 Å². The maximum atomic E-state index is 12.3. The molecule has 0 aliphatic rings. The van der Waals surface area contributed by atoms with Crippen molar-refractivity contribution in [2.45, 2.75) is 19.4 Å². The molecule has 96 valence electrons. The third-order valence-electron chi connectivity index (χ3n) is 3.02. The molecule has 1 aromatic carbocycles. The van der Waals surface area contributed by atoms with Crippen LogP contribution in [0.4, 0.5) is 0 Å². The number of methoxy groups -OCH3 is 1. The standard InChI is InChI=1S/C13H16N2O3/c1-9(6-7-16)15-8-14-12-10(13(15)17)4-3-5-11(12)18-2/h3-5,8-9,16H,6-7H2,1-2H3. The maximum absolute atomic E-state index is 12.3. The minimum absolute atomic E-state index is 0.0454. The lowest BCUT2D eigenvalue weighted by Gasteiger charge is -2.14. The Labute approximate surface area is 105 Å². The fourth-order valence-corrected chi connectivity index (χ4v) is 1.94. The van der Waals surface area contributed by atoms with Gasteiger partial charge in [-0.1, -0.05) is 6.07 Å². The van der Waals surface area contributed by atoms with E-state index >= 15 is 0 Å². The first-order valence-electron chi connectivity index (χ1n) is 5.83. The van der Waals surface area contributed by atoms with E-state index in [2.05, 4.69) is 4.98 Å². The van der Waals surface area contributed by atoms with Gasteiger partial charge in [-0.15, -0.1) is 0 Å². The molecule has 1 atom stereocenters. The average Bonchev–Trinajstić information content (AvgIpc) is 2.39. The van der Waals surface area contributed by atoms with Crippen molar-refractivity contribution in [2.24, 2.45) is 0 Å². The molecule has 0 bridgehead atoms. The number of nitrogens with zero attached hydrogens (tertiary/aromatic N) is 2. The van der Waals surface area contributed by atoms with Crippen LogP contribution in [0.15, 0.2) is 29.3 Å². The minimum Gasteiger partial charge on any atom is -0.494 e. The molecule has 1 unspecified atom stereocenters. The van der Waals surface area contributed by atoms with E-state index in [0.29, 0.717) is 23.1 Å². The van der Waals surface area contributed by atoms with Crippen LogP contribution in [0.2, 0.25) is 0 Å². The van der Waals surface area contributed by atoms with Crippen molar-refractivity contribution in [1.29, 1.82) is 0 Å². The lowest BCUT2D eigenvalue weighted by Crippen LogP contribution is -2.24. The maximum Gasteiger partial charge on any atom is 0.261 e. The summed E-state index contributed by atoms with van der Waals surface area (Å²) in [7, 11) is 1.55. The highest BCUT2D eigenvalue weighted by atomic mass is 16.5. The van der Waals surface area contributed by atoms with E-state index in [1.165, 1.54) is 10.9 Å². The van der Waals surface area contributed by atoms with Gasteiger partial charge in [0.2, 0.25) is 0 Å². The van der Waals surface area contributed by atoms with E-state index in [0.717, 1.165) is 0 Å². The smallest absolute Gasteiger partial charge is 0.261 e.